The number of likely N-dealkylation sites (N-methyl/N-ethyl adjacent to an activating group) is 1. The van der Waals surface area contributed by atoms with E-state index in [0.29, 0.717) is 18.5 Å². The van der Waals surface area contributed by atoms with Gasteiger partial charge in [-0.05, 0) is 52.9 Å². The Hall–Kier alpha value is -0.650. The van der Waals surface area contributed by atoms with Gasteiger partial charge in [-0.15, -0.1) is 0 Å². The number of hydrogen-bond donors (Lipinski definition) is 1. The summed E-state index contributed by atoms with van der Waals surface area (Å²) in [6.45, 7) is 8.80. The van der Waals surface area contributed by atoms with Crippen LogP contribution in [0.4, 0.5) is 0 Å². The molecule has 0 aromatic heterocycles. The molecule has 0 spiro atoms. The average molecular weight is 282 g/mol. The number of carbonyl (C=O) groups excluding carboxylic acids is 1. The van der Waals surface area contributed by atoms with Crippen molar-refractivity contribution in [3.05, 3.63) is 0 Å². The Balaban J connectivity index is 1.71. The smallest absolute Gasteiger partial charge is 0.236 e. The van der Waals surface area contributed by atoms with Crippen LogP contribution in [0, 0.1) is 5.92 Å². The number of nitrogens with one attached hydrogen (secondary N) is 1. The van der Waals surface area contributed by atoms with Gasteiger partial charge in [0, 0.05) is 32.2 Å². The lowest BCUT2D eigenvalue weighted by Gasteiger charge is -2.37. The molecule has 2 saturated heterocycles. The van der Waals surface area contributed by atoms with Crippen molar-refractivity contribution in [1.82, 2.24) is 20.0 Å². The van der Waals surface area contributed by atoms with Gasteiger partial charge in [-0.2, -0.15) is 0 Å². The van der Waals surface area contributed by atoms with Gasteiger partial charge in [-0.3, -0.25) is 9.69 Å². The Morgan fingerprint density at radius 3 is 2.30 bits per heavy atom. The molecule has 2 aliphatic heterocycles. The lowest BCUT2D eigenvalue weighted by Crippen LogP contribution is -2.51. The number of nitrogens with zero attached hydrogens (tertiary/aromatic N) is 3. The van der Waals surface area contributed by atoms with Crippen LogP contribution in [0.15, 0.2) is 0 Å². The molecule has 5 nitrogen and oxygen atoms in total. The minimum Gasteiger partial charge on any atom is -0.339 e. The van der Waals surface area contributed by atoms with E-state index in [-0.39, 0.29) is 0 Å². The quantitative estimate of drug-likeness (QED) is 0.793. The molecular formula is C15H30N4O. The number of amides is 1. The van der Waals surface area contributed by atoms with Crippen molar-refractivity contribution in [2.75, 3.05) is 59.9 Å². The summed E-state index contributed by atoms with van der Waals surface area (Å²) in [4.78, 5) is 18.9. The highest BCUT2D eigenvalue weighted by molar-refractivity contribution is 5.78. The second-order valence-electron chi connectivity index (χ2n) is 6.37. The first kappa shape index (κ1) is 15.7. The van der Waals surface area contributed by atoms with Crippen molar-refractivity contribution >= 4 is 5.91 Å². The van der Waals surface area contributed by atoms with Gasteiger partial charge in [0.2, 0.25) is 5.91 Å². The van der Waals surface area contributed by atoms with E-state index < -0.39 is 0 Å². The van der Waals surface area contributed by atoms with Gasteiger partial charge in [-0.1, -0.05) is 0 Å². The molecule has 1 amide bonds. The summed E-state index contributed by atoms with van der Waals surface area (Å²) in [5.41, 5.74) is 0. The fourth-order valence-corrected chi connectivity index (χ4v) is 3.19. The zero-order valence-electron chi connectivity index (χ0n) is 13.3. The highest BCUT2D eigenvalue weighted by Crippen LogP contribution is 2.20. The molecule has 0 saturated carbocycles. The van der Waals surface area contributed by atoms with Crippen molar-refractivity contribution in [2.24, 2.45) is 5.92 Å². The van der Waals surface area contributed by atoms with Gasteiger partial charge < -0.3 is 15.1 Å². The zero-order chi connectivity index (χ0) is 14.5. The zero-order valence-corrected chi connectivity index (χ0v) is 13.3. The van der Waals surface area contributed by atoms with Crippen molar-refractivity contribution in [3.63, 3.8) is 0 Å². The Morgan fingerprint density at radius 1 is 1.15 bits per heavy atom. The Labute approximate surface area is 123 Å². The summed E-state index contributed by atoms with van der Waals surface area (Å²) in [7, 11) is 4.16. The van der Waals surface area contributed by atoms with Crippen LogP contribution in [-0.2, 0) is 4.79 Å². The molecule has 1 atom stereocenters. The van der Waals surface area contributed by atoms with Crippen LogP contribution >= 0.6 is 0 Å². The van der Waals surface area contributed by atoms with Crippen LogP contribution in [0.3, 0.4) is 0 Å². The van der Waals surface area contributed by atoms with E-state index in [1.165, 1.54) is 12.8 Å². The first-order valence-corrected chi connectivity index (χ1v) is 7.96. The van der Waals surface area contributed by atoms with E-state index in [2.05, 4.69) is 29.1 Å². The predicted molar refractivity (Wildman–Crippen MR) is 81.8 cm³/mol. The van der Waals surface area contributed by atoms with Gasteiger partial charge in [0.1, 0.15) is 0 Å². The fraction of sp³-hybridized carbons (Fsp3) is 0.933. The molecule has 5 heteroatoms. The summed E-state index contributed by atoms with van der Waals surface area (Å²) in [5.74, 6) is 1.08. The Kier molecular flexibility index (Phi) is 5.81. The molecule has 0 aromatic carbocycles. The monoisotopic (exact) mass is 282 g/mol. The molecule has 20 heavy (non-hydrogen) atoms. The van der Waals surface area contributed by atoms with E-state index in [1.54, 1.807) is 0 Å². The molecule has 2 heterocycles. The van der Waals surface area contributed by atoms with Gasteiger partial charge in [0.05, 0.1) is 6.54 Å². The van der Waals surface area contributed by atoms with Crippen molar-refractivity contribution in [3.8, 4) is 0 Å². The molecule has 2 aliphatic rings. The van der Waals surface area contributed by atoms with Gasteiger partial charge >= 0.3 is 0 Å². The molecule has 0 bridgehead atoms. The summed E-state index contributed by atoms with van der Waals surface area (Å²) in [5, 5.41) is 3.35. The number of likely N-dealkylation sites (tertiary alicyclic amines) is 1. The largest absolute Gasteiger partial charge is 0.339 e. The summed E-state index contributed by atoms with van der Waals surface area (Å²) >= 11 is 0. The maximum atomic E-state index is 12.3. The number of piperidine rings is 1. The van der Waals surface area contributed by atoms with Crippen molar-refractivity contribution in [2.45, 2.75) is 25.8 Å². The van der Waals surface area contributed by atoms with E-state index in [1.807, 2.05) is 11.9 Å². The molecule has 1 N–H and O–H groups in total. The maximum absolute atomic E-state index is 12.3. The molecule has 2 rings (SSSR count). The Morgan fingerprint density at radius 2 is 1.75 bits per heavy atom. The molecule has 116 valence electrons. The van der Waals surface area contributed by atoms with E-state index in [0.717, 1.165) is 45.2 Å². The van der Waals surface area contributed by atoms with Crippen LogP contribution < -0.4 is 5.32 Å². The lowest BCUT2D eigenvalue weighted by molar-refractivity contribution is -0.134. The lowest BCUT2D eigenvalue weighted by atomic mass is 9.90. The highest BCUT2D eigenvalue weighted by atomic mass is 16.2. The van der Waals surface area contributed by atoms with Crippen molar-refractivity contribution in [1.29, 1.82) is 0 Å². The molecule has 0 aliphatic carbocycles. The summed E-state index contributed by atoms with van der Waals surface area (Å²) in [6, 6.07) is 0.588. The van der Waals surface area contributed by atoms with E-state index in [4.69, 9.17) is 0 Å². The molecule has 0 radical (unpaired) electrons. The first-order valence-electron chi connectivity index (χ1n) is 7.96. The van der Waals surface area contributed by atoms with Gasteiger partial charge in [0.15, 0.2) is 0 Å². The standard InChI is InChI=1S/C15H30N4O/c1-13(16-2)14-4-6-18(7-5-14)12-15(20)19-10-8-17(3)9-11-19/h13-14,16H,4-12H2,1-3H3. The predicted octanol–water partition coefficient (Wildman–Crippen LogP) is 0.0803. The normalized spacial score (nSPS) is 24.9. The second-order valence-corrected chi connectivity index (χ2v) is 6.37. The van der Waals surface area contributed by atoms with Gasteiger partial charge in [0.25, 0.3) is 0 Å². The van der Waals surface area contributed by atoms with Gasteiger partial charge in [-0.25, -0.2) is 0 Å². The van der Waals surface area contributed by atoms with E-state index >= 15 is 0 Å². The third kappa shape index (κ3) is 4.17. The number of hydrogen-bond acceptors (Lipinski definition) is 4. The third-order valence-corrected chi connectivity index (χ3v) is 5.01. The van der Waals surface area contributed by atoms with Crippen LogP contribution in [0.2, 0.25) is 0 Å². The van der Waals surface area contributed by atoms with Crippen molar-refractivity contribution < 1.29 is 4.79 Å². The van der Waals surface area contributed by atoms with Crippen LogP contribution in [0.25, 0.3) is 0 Å². The number of carbonyl (C=O) groups is 1. The Bertz CT molecular complexity index is 307. The first-order chi connectivity index (χ1) is 9.60. The maximum Gasteiger partial charge on any atom is 0.236 e. The molecule has 0 aromatic rings. The van der Waals surface area contributed by atoms with Crippen LogP contribution in [-0.4, -0.2) is 86.6 Å². The minimum absolute atomic E-state index is 0.318. The van der Waals surface area contributed by atoms with E-state index in [9.17, 15) is 4.79 Å². The topological polar surface area (TPSA) is 38.8 Å². The molecule has 1 unspecified atom stereocenters. The number of rotatable bonds is 4. The number of piperazine rings is 1. The third-order valence-electron chi connectivity index (χ3n) is 5.01. The second kappa shape index (κ2) is 7.38. The van der Waals surface area contributed by atoms with Crippen LogP contribution in [0.1, 0.15) is 19.8 Å². The molecular weight excluding hydrogens is 252 g/mol. The SMILES string of the molecule is CNC(C)C1CCN(CC(=O)N2CCN(C)CC2)CC1. The summed E-state index contributed by atoms with van der Waals surface area (Å²) < 4.78 is 0. The highest BCUT2D eigenvalue weighted by Gasteiger charge is 2.26. The average Bonchev–Trinajstić information content (AvgIpc) is 2.48. The van der Waals surface area contributed by atoms with Crippen LogP contribution in [0.5, 0.6) is 0 Å². The summed E-state index contributed by atoms with van der Waals surface area (Å²) in [6.07, 6.45) is 2.41. The molecule has 2 fully saturated rings. The minimum atomic E-state index is 0.318. The fourth-order valence-electron chi connectivity index (χ4n) is 3.19.